The maximum absolute atomic E-state index is 10.7. The van der Waals surface area contributed by atoms with Gasteiger partial charge in [0.1, 0.15) is 5.75 Å². The third kappa shape index (κ3) is 1.55. The van der Waals surface area contributed by atoms with Crippen LogP contribution in [-0.2, 0) is 6.42 Å². The van der Waals surface area contributed by atoms with E-state index in [1.807, 2.05) is 0 Å². The van der Waals surface area contributed by atoms with Crippen molar-refractivity contribution >= 4 is 17.6 Å². The number of carboxylic acids is 1. The number of hydrogen-bond donors (Lipinski definition) is 1. The van der Waals surface area contributed by atoms with Gasteiger partial charge in [0.15, 0.2) is 0 Å². The highest BCUT2D eigenvalue weighted by Gasteiger charge is 2.17. The van der Waals surface area contributed by atoms with Crippen molar-refractivity contribution < 1.29 is 14.6 Å². The molecule has 0 aliphatic carbocycles. The number of carboxylic acid groups (broad SMARTS) is 1. The summed E-state index contributed by atoms with van der Waals surface area (Å²) in [5.41, 5.74) is 1.11. The molecule has 0 spiro atoms. The van der Waals surface area contributed by atoms with Gasteiger partial charge < -0.3 is 9.84 Å². The van der Waals surface area contributed by atoms with Crippen LogP contribution in [0, 0.1) is 0 Å². The Morgan fingerprint density at radius 2 is 2.29 bits per heavy atom. The van der Waals surface area contributed by atoms with Crippen molar-refractivity contribution in [2.24, 2.45) is 0 Å². The minimum absolute atomic E-state index is 0.222. The number of halogens is 1. The lowest BCUT2D eigenvalue weighted by atomic mass is 10.0. The van der Waals surface area contributed by atoms with E-state index in [2.05, 4.69) is 0 Å². The lowest BCUT2D eigenvalue weighted by Crippen LogP contribution is -2.10. The van der Waals surface area contributed by atoms with E-state index in [1.165, 1.54) is 6.07 Å². The molecule has 0 saturated carbocycles. The Hall–Kier alpha value is -1.22. The zero-order valence-electron chi connectivity index (χ0n) is 7.42. The Morgan fingerprint density at radius 1 is 1.50 bits per heavy atom. The van der Waals surface area contributed by atoms with Crippen LogP contribution in [0.1, 0.15) is 22.3 Å². The number of aryl methyl sites for hydroxylation is 1. The third-order valence-corrected chi connectivity index (χ3v) is 2.49. The van der Waals surface area contributed by atoms with E-state index in [-0.39, 0.29) is 5.56 Å². The fourth-order valence-corrected chi connectivity index (χ4v) is 1.85. The predicted octanol–water partition coefficient (Wildman–Crippen LogP) is 2.36. The van der Waals surface area contributed by atoms with Gasteiger partial charge in [0, 0.05) is 0 Å². The number of carbonyl (C=O) groups is 1. The highest BCUT2D eigenvalue weighted by atomic mass is 35.5. The first kappa shape index (κ1) is 9.34. The van der Waals surface area contributed by atoms with Gasteiger partial charge in [-0.2, -0.15) is 0 Å². The highest BCUT2D eigenvalue weighted by Crippen LogP contribution is 2.33. The van der Waals surface area contributed by atoms with E-state index < -0.39 is 5.97 Å². The van der Waals surface area contributed by atoms with Gasteiger partial charge in [0.25, 0.3) is 0 Å². The molecule has 0 unspecified atom stereocenters. The van der Waals surface area contributed by atoms with Gasteiger partial charge in [-0.25, -0.2) is 4.79 Å². The highest BCUT2D eigenvalue weighted by molar-refractivity contribution is 6.32. The van der Waals surface area contributed by atoms with Crippen LogP contribution in [0.5, 0.6) is 5.75 Å². The predicted molar refractivity (Wildman–Crippen MR) is 52.2 cm³/mol. The molecule has 0 fully saturated rings. The molecule has 0 aromatic heterocycles. The Bertz CT molecular complexity index is 387. The molecule has 1 aromatic rings. The van der Waals surface area contributed by atoms with Gasteiger partial charge >= 0.3 is 5.97 Å². The molecule has 14 heavy (non-hydrogen) atoms. The molecular weight excluding hydrogens is 204 g/mol. The monoisotopic (exact) mass is 212 g/mol. The lowest BCUT2D eigenvalue weighted by molar-refractivity contribution is 0.0696. The number of hydrogen-bond acceptors (Lipinski definition) is 2. The summed E-state index contributed by atoms with van der Waals surface area (Å²) in [6, 6.07) is 3.05. The molecule has 2 rings (SSSR count). The van der Waals surface area contributed by atoms with Gasteiger partial charge in [0.2, 0.25) is 0 Å². The summed E-state index contributed by atoms with van der Waals surface area (Å²) in [6.45, 7) is 0.652. The van der Waals surface area contributed by atoms with Crippen molar-refractivity contribution in [1.29, 1.82) is 0 Å². The molecule has 1 aliphatic heterocycles. The molecule has 74 valence electrons. The SMILES string of the molecule is O=C(O)c1cc(Cl)c2c(c1)CCCO2. The summed E-state index contributed by atoms with van der Waals surface area (Å²) < 4.78 is 5.36. The summed E-state index contributed by atoms with van der Waals surface area (Å²) in [5.74, 6) is -0.316. The second kappa shape index (κ2) is 3.50. The second-order valence-corrected chi connectivity index (χ2v) is 3.61. The standard InChI is InChI=1S/C10H9ClO3/c11-8-5-7(10(12)13)4-6-2-1-3-14-9(6)8/h4-5H,1-3H2,(H,12,13). The zero-order valence-corrected chi connectivity index (χ0v) is 8.17. The topological polar surface area (TPSA) is 46.5 Å². The van der Waals surface area contributed by atoms with Crippen LogP contribution in [0.15, 0.2) is 12.1 Å². The summed E-state index contributed by atoms with van der Waals surface area (Å²) in [7, 11) is 0. The number of ether oxygens (including phenoxy) is 1. The molecule has 1 aromatic carbocycles. The summed E-state index contributed by atoms with van der Waals surface area (Å²) in [6.07, 6.45) is 1.74. The van der Waals surface area contributed by atoms with Crippen LogP contribution >= 0.6 is 11.6 Å². The maximum Gasteiger partial charge on any atom is 0.335 e. The molecule has 0 radical (unpaired) electrons. The second-order valence-electron chi connectivity index (χ2n) is 3.20. The van der Waals surface area contributed by atoms with Gasteiger partial charge in [-0.15, -0.1) is 0 Å². The van der Waals surface area contributed by atoms with Crippen molar-refractivity contribution in [3.8, 4) is 5.75 Å². The molecule has 0 saturated heterocycles. The number of benzene rings is 1. The number of fused-ring (bicyclic) bond motifs is 1. The summed E-state index contributed by atoms with van der Waals surface area (Å²) >= 11 is 5.90. The molecule has 1 heterocycles. The Labute approximate surface area is 86.3 Å². The van der Waals surface area contributed by atoms with Gasteiger partial charge in [-0.05, 0) is 30.5 Å². The average Bonchev–Trinajstić information content (AvgIpc) is 2.17. The van der Waals surface area contributed by atoms with Crippen LogP contribution in [0.3, 0.4) is 0 Å². The molecule has 0 amide bonds. The number of aromatic carboxylic acids is 1. The van der Waals surface area contributed by atoms with E-state index >= 15 is 0 Å². The summed E-state index contributed by atoms with van der Waals surface area (Å²) in [4.78, 5) is 10.7. The van der Waals surface area contributed by atoms with Crippen LogP contribution in [0.2, 0.25) is 5.02 Å². The van der Waals surface area contributed by atoms with E-state index in [9.17, 15) is 4.79 Å². The molecule has 1 aliphatic rings. The normalized spacial score (nSPS) is 14.4. The Balaban J connectivity index is 2.51. The van der Waals surface area contributed by atoms with Crippen LogP contribution in [0.4, 0.5) is 0 Å². The molecule has 0 bridgehead atoms. The lowest BCUT2D eigenvalue weighted by Gasteiger charge is -2.18. The van der Waals surface area contributed by atoms with Crippen LogP contribution in [0.25, 0.3) is 0 Å². The molecular formula is C10H9ClO3. The van der Waals surface area contributed by atoms with Crippen LogP contribution < -0.4 is 4.74 Å². The van der Waals surface area contributed by atoms with Crippen LogP contribution in [-0.4, -0.2) is 17.7 Å². The van der Waals surface area contributed by atoms with E-state index in [4.69, 9.17) is 21.4 Å². The quantitative estimate of drug-likeness (QED) is 0.778. The largest absolute Gasteiger partial charge is 0.492 e. The first-order valence-electron chi connectivity index (χ1n) is 4.37. The molecule has 4 heteroatoms. The first-order chi connectivity index (χ1) is 6.68. The number of rotatable bonds is 1. The average molecular weight is 213 g/mol. The minimum Gasteiger partial charge on any atom is -0.492 e. The van der Waals surface area contributed by atoms with Crippen molar-refractivity contribution in [3.63, 3.8) is 0 Å². The van der Waals surface area contributed by atoms with Crippen molar-refractivity contribution in [1.82, 2.24) is 0 Å². The zero-order chi connectivity index (χ0) is 10.1. The molecule has 3 nitrogen and oxygen atoms in total. The van der Waals surface area contributed by atoms with Crippen molar-refractivity contribution in [3.05, 3.63) is 28.3 Å². The van der Waals surface area contributed by atoms with E-state index in [0.29, 0.717) is 17.4 Å². The Kier molecular flexibility index (Phi) is 2.33. The maximum atomic E-state index is 10.7. The van der Waals surface area contributed by atoms with Crippen molar-refractivity contribution in [2.75, 3.05) is 6.61 Å². The fourth-order valence-electron chi connectivity index (χ4n) is 1.56. The fraction of sp³-hybridized carbons (Fsp3) is 0.300. The minimum atomic E-state index is -0.958. The molecule has 0 atom stereocenters. The van der Waals surface area contributed by atoms with Crippen molar-refractivity contribution in [2.45, 2.75) is 12.8 Å². The van der Waals surface area contributed by atoms with Gasteiger partial charge in [-0.1, -0.05) is 11.6 Å². The van der Waals surface area contributed by atoms with Gasteiger partial charge in [0.05, 0.1) is 17.2 Å². The van der Waals surface area contributed by atoms with E-state index in [1.54, 1.807) is 6.07 Å². The molecule has 1 N–H and O–H groups in total. The Morgan fingerprint density at radius 3 is 3.00 bits per heavy atom. The summed E-state index contributed by atoms with van der Waals surface area (Å²) in [5, 5.41) is 9.20. The van der Waals surface area contributed by atoms with E-state index in [0.717, 1.165) is 18.4 Å². The third-order valence-electron chi connectivity index (χ3n) is 2.20. The first-order valence-corrected chi connectivity index (χ1v) is 4.75. The van der Waals surface area contributed by atoms with Gasteiger partial charge in [-0.3, -0.25) is 0 Å². The smallest absolute Gasteiger partial charge is 0.335 e.